The minimum Gasteiger partial charge on any atom is -0.489 e. The summed E-state index contributed by atoms with van der Waals surface area (Å²) in [6, 6.07) is 20.8. The zero-order valence-electron chi connectivity index (χ0n) is 24.8. The molecule has 1 fully saturated rings. The summed E-state index contributed by atoms with van der Waals surface area (Å²) in [4.78, 5) is 22.7. The zero-order chi connectivity index (χ0) is 33.6. The van der Waals surface area contributed by atoms with Crippen LogP contribution in [-0.2, 0) is 25.6 Å². The van der Waals surface area contributed by atoms with E-state index < -0.39 is 23.5 Å². The van der Waals surface area contributed by atoms with Gasteiger partial charge in [0.25, 0.3) is 0 Å². The molecule has 4 aromatic rings. The first-order valence-corrected chi connectivity index (χ1v) is 14.9. The van der Waals surface area contributed by atoms with Gasteiger partial charge in [-0.05, 0) is 114 Å². The van der Waals surface area contributed by atoms with E-state index in [9.17, 15) is 35.9 Å². The molecule has 0 aliphatic heterocycles. The highest BCUT2D eigenvalue weighted by atomic mass is 79.9. The molecule has 0 amide bonds. The van der Waals surface area contributed by atoms with E-state index >= 15 is 0 Å². The van der Waals surface area contributed by atoms with Crippen molar-refractivity contribution in [1.82, 2.24) is 0 Å². The Labute approximate surface area is 270 Å². The number of ketones is 2. The van der Waals surface area contributed by atoms with E-state index in [1.807, 2.05) is 6.07 Å². The number of hydrogen-bond acceptors (Lipinski definition) is 4. The molecule has 0 heterocycles. The normalized spacial score (nSPS) is 13.0. The van der Waals surface area contributed by atoms with Gasteiger partial charge < -0.3 is 9.47 Å². The molecule has 0 spiro atoms. The van der Waals surface area contributed by atoms with Crippen LogP contribution in [0.1, 0.15) is 81.1 Å². The molecule has 5 rings (SSSR count). The molecular weight excluding hydrogens is 678 g/mol. The van der Waals surface area contributed by atoms with E-state index in [0.29, 0.717) is 28.2 Å². The van der Waals surface area contributed by atoms with Gasteiger partial charge in [0, 0.05) is 11.1 Å². The maximum absolute atomic E-state index is 12.9. The summed E-state index contributed by atoms with van der Waals surface area (Å²) in [5.74, 6) is 0.841. The van der Waals surface area contributed by atoms with Gasteiger partial charge in [-0.2, -0.15) is 26.3 Å². The molecule has 0 saturated heterocycles. The first-order chi connectivity index (χ1) is 21.6. The van der Waals surface area contributed by atoms with Crippen molar-refractivity contribution in [2.24, 2.45) is 0 Å². The van der Waals surface area contributed by atoms with Crippen molar-refractivity contribution in [3.05, 3.63) is 128 Å². The molecule has 11 heteroatoms. The van der Waals surface area contributed by atoms with Gasteiger partial charge in [0.05, 0.1) is 15.6 Å². The number of carbonyl (C=O) groups is 2. The third kappa shape index (κ3) is 9.69. The van der Waals surface area contributed by atoms with Crippen LogP contribution < -0.4 is 9.47 Å². The third-order valence-electron chi connectivity index (χ3n) is 7.07. The molecule has 0 radical (unpaired) electrons. The van der Waals surface area contributed by atoms with Gasteiger partial charge in [0.2, 0.25) is 0 Å². The fourth-order valence-corrected chi connectivity index (χ4v) is 4.94. The van der Waals surface area contributed by atoms with Crippen molar-refractivity contribution in [2.75, 3.05) is 0 Å². The van der Waals surface area contributed by atoms with Gasteiger partial charge in [-0.25, -0.2) is 0 Å². The summed E-state index contributed by atoms with van der Waals surface area (Å²) < 4.78 is 87.9. The first kappa shape index (κ1) is 34.7. The monoisotopic (exact) mass is 706 g/mol. The Hall–Kier alpha value is -4.12. The number of rotatable bonds is 9. The van der Waals surface area contributed by atoms with E-state index in [1.165, 1.54) is 32.0 Å². The van der Waals surface area contributed by atoms with Crippen molar-refractivity contribution in [3.63, 3.8) is 0 Å². The minimum absolute atomic E-state index is 0.0370. The summed E-state index contributed by atoms with van der Waals surface area (Å²) in [5, 5.41) is 0. The van der Waals surface area contributed by atoms with Gasteiger partial charge in [0.1, 0.15) is 24.7 Å². The Morgan fingerprint density at radius 2 is 1.13 bits per heavy atom. The fourth-order valence-electron chi connectivity index (χ4n) is 4.45. The molecule has 0 bridgehead atoms. The highest BCUT2D eigenvalue weighted by Gasteiger charge is 2.34. The largest absolute Gasteiger partial charge is 0.489 e. The van der Waals surface area contributed by atoms with Crippen LogP contribution in [0.4, 0.5) is 26.3 Å². The Bertz CT molecular complexity index is 1710. The first-order valence-electron chi connectivity index (χ1n) is 14.1. The average Bonchev–Trinajstić information content (AvgIpc) is 3.85. The Morgan fingerprint density at radius 1 is 0.674 bits per heavy atom. The highest BCUT2D eigenvalue weighted by molar-refractivity contribution is 9.10. The van der Waals surface area contributed by atoms with Gasteiger partial charge >= 0.3 is 12.4 Å². The van der Waals surface area contributed by atoms with Crippen LogP contribution in [0.5, 0.6) is 11.5 Å². The summed E-state index contributed by atoms with van der Waals surface area (Å²) in [6.07, 6.45) is -6.97. The lowest BCUT2D eigenvalue weighted by atomic mass is 10.1. The van der Waals surface area contributed by atoms with Crippen LogP contribution in [0.25, 0.3) is 0 Å². The molecule has 4 aromatic carbocycles. The molecule has 46 heavy (non-hydrogen) atoms. The lowest BCUT2D eigenvalue weighted by Gasteiger charge is -2.14. The van der Waals surface area contributed by atoms with E-state index in [-0.39, 0.29) is 35.2 Å². The second kappa shape index (κ2) is 14.5. The predicted octanol–water partition coefficient (Wildman–Crippen LogP) is 10.6. The summed E-state index contributed by atoms with van der Waals surface area (Å²) in [7, 11) is 0. The van der Waals surface area contributed by atoms with Crippen LogP contribution >= 0.6 is 15.9 Å². The lowest BCUT2D eigenvalue weighted by molar-refractivity contribution is -0.138. The number of alkyl halides is 6. The minimum atomic E-state index is -4.39. The van der Waals surface area contributed by atoms with Crippen LogP contribution in [-0.4, -0.2) is 11.6 Å². The molecule has 0 N–H and O–H groups in total. The Balaban J connectivity index is 0.000000210. The predicted molar refractivity (Wildman–Crippen MR) is 164 cm³/mol. The SMILES string of the molecule is CC(=O)c1cccc(COc2ccc(C(F)(F)F)cc2Br)c1.CC(=O)c1cccc(COc2ccc(C(F)(F)F)cc2C2CC2)c1. The number of hydrogen-bond donors (Lipinski definition) is 0. The van der Waals surface area contributed by atoms with Crippen LogP contribution in [0.15, 0.2) is 89.4 Å². The van der Waals surface area contributed by atoms with Gasteiger partial charge in [-0.1, -0.05) is 36.4 Å². The van der Waals surface area contributed by atoms with Crippen molar-refractivity contribution < 1.29 is 45.4 Å². The maximum atomic E-state index is 12.9. The number of halogens is 7. The van der Waals surface area contributed by atoms with Crippen molar-refractivity contribution in [1.29, 1.82) is 0 Å². The average molecular weight is 708 g/mol. The van der Waals surface area contributed by atoms with Gasteiger partial charge in [-0.15, -0.1) is 0 Å². The Morgan fingerprint density at radius 3 is 1.57 bits per heavy atom. The Kier molecular flexibility index (Phi) is 11.0. The number of Topliss-reactive ketones (excluding diaryl/α,β-unsaturated/α-hetero) is 2. The van der Waals surface area contributed by atoms with E-state index in [4.69, 9.17) is 9.47 Å². The number of benzene rings is 4. The second-order valence-corrected chi connectivity index (χ2v) is 11.6. The van der Waals surface area contributed by atoms with Crippen molar-refractivity contribution in [3.8, 4) is 11.5 Å². The maximum Gasteiger partial charge on any atom is 0.416 e. The van der Waals surface area contributed by atoms with Crippen LogP contribution in [0, 0.1) is 0 Å². The molecule has 1 aliphatic carbocycles. The molecule has 0 unspecified atom stereocenters. The highest BCUT2D eigenvalue weighted by Crippen LogP contribution is 2.46. The van der Waals surface area contributed by atoms with Crippen molar-refractivity contribution >= 4 is 27.5 Å². The molecule has 1 aliphatic rings. The van der Waals surface area contributed by atoms with E-state index in [2.05, 4.69) is 15.9 Å². The van der Waals surface area contributed by atoms with Gasteiger partial charge in [-0.3, -0.25) is 9.59 Å². The van der Waals surface area contributed by atoms with Gasteiger partial charge in [0.15, 0.2) is 11.6 Å². The summed E-state index contributed by atoms with van der Waals surface area (Å²) in [5.41, 5.74) is 1.95. The zero-order valence-corrected chi connectivity index (χ0v) is 26.4. The quantitative estimate of drug-likeness (QED) is 0.128. The molecule has 0 aromatic heterocycles. The van der Waals surface area contributed by atoms with E-state index in [0.717, 1.165) is 42.2 Å². The lowest BCUT2D eigenvalue weighted by Crippen LogP contribution is -2.07. The second-order valence-electron chi connectivity index (χ2n) is 10.8. The summed E-state index contributed by atoms with van der Waals surface area (Å²) in [6.45, 7) is 3.32. The molecule has 242 valence electrons. The fraction of sp³-hybridized carbons (Fsp3) is 0.257. The molecule has 0 atom stereocenters. The smallest absolute Gasteiger partial charge is 0.416 e. The molecular formula is C35H29BrF6O4. The topological polar surface area (TPSA) is 52.6 Å². The summed E-state index contributed by atoms with van der Waals surface area (Å²) >= 11 is 3.07. The molecule has 1 saturated carbocycles. The van der Waals surface area contributed by atoms with Crippen molar-refractivity contribution in [2.45, 2.75) is 58.2 Å². The third-order valence-corrected chi connectivity index (χ3v) is 7.69. The molecule has 4 nitrogen and oxygen atoms in total. The van der Waals surface area contributed by atoms with E-state index in [1.54, 1.807) is 42.5 Å². The van der Waals surface area contributed by atoms with Crippen LogP contribution in [0.3, 0.4) is 0 Å². The van der Waals surface area contributed by atoms with Crippen LogP contribution in [0.2, 0.25) is 0 Å². The number of ether oxygens (including phenoxy) is 2. The standard InChI is InChI=1S/C19H17F3O2.C16H12BrF3O2/c1-12(23)15-4-2-3-13(9-15)11-24-18-8-7-16(19(20,21)22)10-17(18)14-5-6-14;1-10(21)12-4-2-3-11(7-12)9-22-15-6-5-13(8-14(15)17)16(18,19)20/h2-4,7-10,14H,5-6,11H2,1H3;2-8H,9H2,1H3. The number of carbonyl (C=O) groups excluding carboxylic acids is 2.